The number of rotatable bonds is 5. The van der Waals surface area contributed by atoms with Crippen molar-refractivity contribution in [1.29, 1.82) is 0 Å². The van der Waals surface area contributed by atoms with Gasteiger partial charge in [0.05, 0.1) is 11.3 Å². The molecule has 3 aromatic rings. The van der Waals surface area contributed by atoms with Crippen molar-refractivity contribution in [3.05, 3.63) is 75.7 Å². The molecule has 0 atom stereocenters. The summed E-state index contributed by atoms with van der Waals surface area (Å²) in [5.41, 5.74) is 2.78. The van der Waals surface area contributed by atoms with Gasteiger partial charge in [0.1, 0.15) is 10.7 Å². The zero-order valence-electron chi connectivity index (χ0n) is 14.0. The minimum Gasteiger partial charge on any atom is -0.477 e. The van der Waals surface area contributed by atoms with Crippen LogP contribution in [-0.4, -0.2) is 17.0 Å². The average molecular weight is 369 g/mol. The van der Waals surface area contributed by atoms with Crippen LogP contribution in [0.4, 0.5) is 10.1 Å². The van der Waals surface area contributed by atoms with Crippen LogP contribution in [0.2, 0.25) is 0 Å². The van der Waals surface area contributed by atoms with Crippen LogP contribution in [0.1, 0.15) is 32.5 Å². The second kappa shape index (κ2) is 7.49. The number of carbonyl (C=O) groups is 2. The van der Waals surface area contributed by atoms with Gasteiger partial charge in [0.15, 0.2) is 0 Å². The molecule has 0 bridgehead atoms. The van der Waals surface area contributed by atoms with Gasteiger partial charge in [0, 0.05) is 0 Å². The van der Waals surface area contributed by atoms with Crippen molar-refractivity contribution in [1.82, 2.24) is 0 Å². The van der Waals surface area contributed by atoms with Gasteiger partial charge in [-0.15, -0.1) is 11.3 Å². The van der Waals surface area contributed by atoms with Gasteiger partial charge < -0.3 is 10.4 Å². The third-order valence-electron chi connectivity index (χ3n) is 3.99. The molecule has 3 rings (SSSR count). The van der Waals surface area contributed by atoms with Gasteiger partial charge >= 0.3 is 5.97 Å². The number of aryl methyl sites for hydroxylation is 1. The summed E-state index contributed by atoms with van der Waals surface area (Å²) in [4.78, 5) is 23.3. The van der Waals surface area contributed by atoms with E-state index in [9.17, 15) is 14.0 Å². The molecule has 26 heavy (non-hydrogen) atoms. The third-order valence-corrected chi connectivity index (χ3v) is 4.89. The fourth-order valence-electron chi connectivity index (χ4n) is 2.61. The first-order valence-electron chi connectivity index (χ1n) is 8.00. The highest BCUT2D eigenvalue weighted by Crippen LogP contribution is 2.26. The number of nitrogens with one attached hydrogen (secondary N) is 1. The molecule has 2 aromatic carbocycles. The molecule has 0 aliphatic rings. The van der Waals surface area contributed by atoms with Crippen LogP contribution in [0.5, 0.6) is 0 Å². The van der Waals surface area contributed by atoms with Crippen LogP contribution in [0.15, 0.2) is 53.9 Å². The molecular formula is C20H16FNO3S. The van der Waals surface area contributed by atoms with E-state index in [1.54, 1.807) is 6.07 Å². The summed E-state index contributed by atoms with van der Waals surface area (Å²) in [6, 6.07) is 13.8. The van der Waals surface area contributed by atoms with E-state index in [4.69, 9.17) is 5.11 Å². The third kappa shape index (κ3) is 3.65. The Morgan fingerprint density at radius 3 is 2.58 bits per heavy atom. The Morgan fingerprint density at radius 2 is 1.88 bits per heavy atom. The number of amides is 1. The van der Waals surface area contributed by atoms with Gasteiger partial charge in [-0.1, -0.05) is 37.3 Å². The number of carboxylic acids is 1. The minimum absolute atomic E-state index is 0.00735. The number of thiophene rings is 1. The zero-order chi connectivity index (χ0) is 18.7. The second-order valence-electron chi connectivity index (χ2n) is 5.67. The van der Waals surface area contributed by atoms with Crippen molar-refractivity contribution in [3.8, 4) is 11.1 Å². The highest BCUT2D eigenvalue weighted by atomic mass is 32.1. The van der Waals surface area contributed by atoms with E-state index in [0.29, 0.717) is 5.56 Å². The van der Waals surface area contributed by atoms with E-state index in [-0.39, 0.29) is 16.1 Å². The number of carboxylic acid groups (broad SMARTS) is 1. The Balaban J connectivity index is 1.85. The maximum atomic E-state index is 14.5. The summed E-state index contributed by atoms with van der Waals surface area (Å²) in [5.74, 6) is -2.41. The van der Waals surface area contributed by atoms with Crippen molar-refractivity contribution in [3.63, 3.8) is 0 Å². The van der Waals surface area contributed by atoms with Gasteiger partial charge in [0.25, 0.3) is 5.91 Å². The molecule has 1 aromatic heterocycles. The maximum absolute atomic E-state index is 14.5. The summed E-state index contributed by atoms with van der Waals surface area (Å²) in [6.45, 7) is 2.05. The molecule has 1 heterocycles. The largest absolute Gasteiger partial charge is 0.477 e. The molecule has 6 heteroatoms. The molecule has 0 saturated heterocycles. The first-order valence-corrected chi connectivity index (χ1v) is 8.88. The standard InChI is InChI=1S/C20H16FNO3S/c1-2-12-4-3-5-13(10-12)14-6-7-17(16(21)11-14)22-19(23)15-8-9-26-18(15)20(24)25/h3-11H,2H2,1H3,(H,22,23)(H,24,25). The summed E-state index contributed by atoms with van der Waals surface area (Å²) in [7, 11) is 0. The van der Waals surface area contributed by atoms with Gasteiger partial charge in [0.2, 0.25) is 0 Å². The molecule has 4 nitrogen and oxygen atoms in total. The zero-order valence-corrected chi connectivity index (χ0v) is 14.8. The summed E-state index contributed by atoms with van der Waals surface area (Å²) in [6.07, 6.45) is 0.886. The lowest BCUT2D eigenvalue weighted by atomic mass is 10.0. The number of halogens is 1. The lowest BCUT2D eigenvalue weighted by Crippen LogP contribution is -2.15. The molecule has 0 unspecified atom stereocenters. The summed E-state index contributed by atoms with van der Waals surface area (Å²) in [5, 5.41) is 13.0. The Bertz CT molecular complexity index is 981. The van der Waals surface area contributed by atoms with Crippen LogP contribution in [0.3, 0.4) is 0 Å². The predicted molar refractivity (Wildman–Crippen MR) is 100 cm³/mol. The molecule has 0 spiro atoms. The lowest BCUT2D eigenvalue weighted by Gasteiger charge is -2.09. The molecule has 0 aliphatic heterocycles. The Kier molecular flexibility index (Phi) is 5.14. The minimum atomic E-state index is -1.18. The highest BCUT2D eigenvalue weighted by Gasteiger charge is 2.19. The van der Waals surface area contributed by atoms with Crippen LogP contribution < -0.4 is 5.32 Å². The van der Waals surface area contributed by atoms with E-state index >= 15 is 0 Å². The van der Waals surface area contributed by atoms with Crippen LogP contribution in [0.25, 0.3) is 11.1 Å². The van der Waals surface area contributed by atoms with Crippen molar-refractivity contribution >= 4 is 28.9 Å². The number of hydrogen-bond donors (Lipinski definition) is 2. The smallest absolute Gasteiger partial charge is 0.346 e. The monoisotopic (exact) mass is 369 g/mol. The average Bonchev–Trinajstić information content (AvgIpc) is 3.13. The van der Waals surface area contributed by atoms with E-state index in [0.717, 1.165) is 28.9 Å². The normalized spacial score (nSPS) is 10.5. The molecule has 0 saturated carbocycles. The molecule has 0 radical (unpaired) electrons. The Morgan fingerprint density at radius 1 is 1.12 bits per heavy atom. The van der Waals surface area contributed by atoms with Gasteiger partial charge in [-0.05, 0) is 46.7 Å². The Hall–Kier alpha value is -2.99. The fraction of sp³-hybridized carbons (Fsp3) is 0.100. The lowest BCUT2D eigenvalue weighted by molar-refractivity contribution is 0.0698. The number of carbonyl (C=O) groups excluding carboxylic acids is 1. The second-order valence-corrected chi connectivity index (χ2v) is 6.59. The quantitative estimate of drug-likeness (QED) is 0.660. The summed E-state index contributed by atoms with van der Waals surface area (Å²) >= 11 is 0.950. The van der Waals surface area contributed by atoms with Crippen molar-refractivity contribution < 1.29 is 19.1 Å². The van der Waals surface area contributed by atoms with Gasteiger partial charge in [-0.25, -0.2) is 9.18 Å². The molecule has 2 N–H and O–H groups in total. The molecule has 132 valence electrons. The summed E-state index contributed by atoms with van der Waals surface area (Å²) < 4.78 is 14.5. The predicted octanol–water partition coefficient (Wildman–Crippen LogP) is 5.07. The van der Waals surface area contributed by atoms with E-state index < -0.39 is 17.7 Å². The van der Waals surface area contributed by atoms with Crippen LogP contribution >= 0.6 is 11.3 Å². The number of benzene rings is 2. The van der Waals surface area contributed by atoms with Crippen LogP contribution in [-0.2, 0) is 6.42 Å². The van der Waals surface area contributed by atoms with Gasteiger partial charge in [-0.3, -0.25) is 4.79 Å². The fourth-order valence-corrected chi connectivity index (χ4v) is 3.34. The Labute approximate surface area is 153 Å². The van der Waals surface area contributed by atoms with Gasteiger partial charge in [-0.2, -0.15) is 0 Å². The van der Waals surface area contributed by atoms with Crippen LogP contribution in [0, 0.1) is 5.82 Å². The molecule has 0 aliphatic carbocycles. The van der Waals surface area contributed by atoms with E-state index in [2.05, 4.69) is 5.32 Å². The molecule has 0 fully saturated rings. The number of hydrogen-bond acceptors (Lipinski definition) is 3. The first kappa shape index (κ1) is 17.8. The SMILES string of the molecule is CCc1cccc(-c2ccc(NC(=O)c3ccsc3C(=O)O)c(F)c2)c1. The highest BCUT2D eigenvalue weighted by molar-refractivity contribution is 7.12. The first-order chi connectivity index (χ1) is 12.5. The van der Waals surface area contributed by atoms with Crippen molar-refractivity contribution in [2.24, 2.45) is 0 Å². The topological polar surface area (TPSA) is 66.4 Å². The maximum Gasteiger partial charge on any atom is 0.346 e. The molecule has 1 amide bonds. The van der Waals surface area contributed by atoms with E-state index in [1.807, 2.05) is 31.2 Å². The van der Waals surface area contributed by atoms with Crippen molar-refractivity contribution in [2.45, 2.75) is 13.3 Å². The number of anilines is 1. The number of aromatic carboxylic acids is 1. The van der Waals surface area contributed by atoms with E-state index in [1.165, 1.54) is 23.6 Å². The van der Waals surface area contributed by atoms with Crippen molar-refractivity contribution in [2.75, 3.05) is 5.32 Å². The molecular weight excluding hydrogens is 353 g/mol.